The van der Waals surface area contributed by atoms with Crippen molar-refractivity contribution in [3.63, 3.8) is 0 Å². The molecule has 6 nitrogen and oxygen atoms in total. The van der Waals surface area contributed by atoms with E-state index in [9.17, 15) is 4.79 Å². The van der Waals surface area contributed by atoms with Crippen molar-refractivity contribution in [2.24, 2.45) is 5.73 Å². The van der Waals surface area contributed by atoms with Crippen molar-refractivity contribution in [3.8, 4) is 0 Å². The number of H-pyrrole nitrogens is 1. The van der Waals surface area contributed by atoms with Gasteiger partial charge in [0.15, 0.2) is 0 Å². The van der Waals surface area contributed by atoms with Gasteiger partial charge in [0.05, 0.1) is 0 Å². The van der Waals surface area contributed by atoms with Crippen LogP contribution in [0.2, 0.25) is 0 Å². The molecule has 1 amide bonds. The van der Waals surface area contributed by atoms with Crippen LogP contribution in [0.3, 0.4) is 0 Å². The Balaban J connectivity index is 2.05. The Bertz CT molecular complexity index is 468. The number of nitrogens with zero attached hydrogens (tertiary/aromatic N) is 3. The minimum Gasteiger partial charge on any atom is -0.336 e. The number of hydrogen-bond acceptors (Lipinski definition) is 4. The van der Waals surface area contributed by atoms with Gasteiger partial charge in [0, 0.05) is 24.5 Å². The van der Waals surface area contributed by atoms with Gasteiger partial charge in [0.1, 0.15) is 5.82 Å². The number of nitrogens with one attached hydrogen (secondary N) is 1. The van der Waals surface area contributed by atoms with E-state index in [1.54, 1.807) is 4.90 Å². The summed E-state index contributed by atoms with van der Waals surface area (Å²) in [4.78, 5) is 18.5. The van der Waals surface area contributed by atoms with Gasteiger partial charge in [-0.05, 0) is 25.7 Å². The highest BCUT2D eigenvalue weighted by Crippen LogP contribution is 2.22. The Morgan fingerprint density at radius 2 is 1.90 bits per heavy atom. The molecule has 0 radical (unpaired) electrons. The van der Waals surface area contributed by atoms with Gasteiger partial charge < -0.3 is 10.6 Å². The van der Waals surface area contributed by atoms with Crippen LogP contribution in [0.25, 0.3) is 0 Å². The lowest BCUT2D eigenvalue weighted by molar-refractivity contribution is 0.0678. The van der Waals surface area contributed by atoms with Gasteiger partial charge in [0.25, 0.3) is 5.91 Å². The summed E-state index contributed by atoms with van der Waals surface area (Å²) in [5.41, 5.74) is 5.77. The van der Waals surface area contributed by atoms with E-state index in [0.29, 0.717) is 0 Å². The molecule has 1 saturated carbocycles. The van der Waals surface area contributed by atoms with E-state index < -0.39 is 0 Å². The molecular weight excluding hydrogens is 254 g/mol. The molecule has 1 aromatic heterocycles. The van der Waals surface area contributed by atoms with Crippen molar-refractivity contribution in [1.29, 1.82) is 0 Å². The third-order valence-electron chi connectivity index (χ3n) is 4.00. The summed E-state index contributed by atoms with van der Waals surface area (Å²) in [6.45, 7) is 6.11. The number of nitrogens with two attached hydrogens (primary N) is 1. The summed E-state index contributed by atoms with van der Waals surface area (Å²) in [5.74, 6) is 0.879. The first-order valence-corrected chi connectivity index (χ1v) is 7.24. The van der Waals surface area contributed by atoms with E-state index >= 15 is 0 Å². The molecule has 0 aromatic carbocycles. The largest absolute Gasteiger partial charge is 0.336 e. The van der Waals surface area contributed by atoms with Gasteiger partial charge in [-0.3, -0.25) is 9.89 Å². The standard InChI is InChI=1S/C14H25N5O/c1-14(2,3)13-16-11(17-18-13)12(20)19(4)10-7-5-9(15)6-8-10/h9-10H,5-8,15H2,1-4H3,(H,16,17,18). The predicted octanol–water partition coefficient (Wildman–Crippen LogP) is 1.44. The lowest BCUT2D eigenvalue weighted by Gasteiger charge is -2.32. The average molecular weight is 279 g/mol. The molecule has 2 rings (SSSR count). The second-order valence-corrected chi connectivity index (χ2v) is 6.74. The van der Waals surface area contributed by atoms with Gasteiger partial charge >= 0.3 is 0 Å². The molecule has 1 aliphatic rings. The number of rotatable bonds is 2. The fraction of sp³-hybridized carbons (Fsp3) is 0.786. The van der Waals surface area contributed by atoms with E-state index in [1.807, 2.05) is 27.8 Å². The van der Waals surface area contributed by atoms with E-state index in [0.717, 1.165) is 31.5 Å². The Hall–Kier alpha value is -1.43. The molecule has 0 aliphatic heterocycles. The van der Waals surface area contributed by atoms with Crippen LogP contribution in [0.1, 0.15) is 62.9 Å². The fourth-order valence-electron chi connectivity index (χ4n) is 2.51. The van der Waals surface area contributed by atoms with Gasteiger partial charge in [-0.15, -0.1) is 5.10 Å². The van der Waals surface area contributed by atoms with Gasteiger partial charge in [0.2, 0.25) is 5.82 Å². The first-order valence-electron chi connectivity index (χ1n) is 7.24. The van der Waals surface area contributed by atoms with Crippen molar-refractivity contribution in [3.05, 3.63) is 11.6 Å². The molecule has 1 aliphatic carbocycles. The van der Waals surface area contributed by atoms with Crippen molar-refractivity contribution in [2.75, 3.05) is 7.05 Å². The Kier molecular flexibility index (Phi) is 4.13. The number of carbonyl (C=O) groups excluding carboxylic acids is 1. The van der Waals surface area contributed by atoms with Crippen molar-refractivity contribution in [1.82, 2.24) is 20.1 Å². The highest BCUT2D eigenvalue weighted by Gasteiger charge is 2.28. The third kappa shape index (κ3) is 3.17. The molecule has 0 saturated heterocycles. The van der Waals surface area contributed by atoms with Crippen molar-refractivity contribution < 1.29 is 4.79 Å². The second kappa shape index (κ2) is 5.52. The number of aromatic amines is 1. The third-order valence-corrected chi connectivity index (χ3v) is 4.00. The SMILES string of the molecule is CN(C(=O)c1n[nH]c(C(C)(C)C)n1)C1CCC(N)CC1. The molecule has 0 bridgehead atoms. The van der Waals surface area contributed by atoms with Crippen LogP contribution in [0.15, 0.2) is 0 Å². The van der Waals surface area contributed by atoms with Crippen LogP contribution in [-0.2, 0) is 5.41 Å². The Morgan fingerprint density at radius 3 is 2.40 bits per heavy atom. The number of aromatic nitrogens is 3. The summed E-state index contributed by atoms with van der Waals surface area (Å²) in [6.07, 6.45) is 3.87. The first kappa shape index (κ1) is 15.0. The maximum Gasteiger partial charge on any atom is 0.293 e. The molecule has 3 N–H and O–H groups in total. The highest BCUT2D eigenvalue weighted by molar-refractivity contribution is 5.90. The van der Waals surface area contributed by atoms with Gasteiger partial charge in [-0.25, -0.2) is 4.98 Å². The number of hydrogen-bond donors (Lipinski definition) is 2. The summed E-state index contributed by atoms with van der Waals surface area (Å²) >= 11 is 0. The number of amides is 1. The molecule has 6 heteroatoms. The van der Waals surface area contributed by atoms with Crippen LogP contribution >= 0.6 is 0 Å². The zero-order chi connectivity index (χ0) is 14.9. The van der Waals surface area contributed by atoms with Crippen molar-refractivity contribution >= 4 is 5.91 Å². The maximum atomic E-state index is 12.4. The Labute approximate surface area is 120 Å². The average Bonchev–Trinajstić information content (AvgIpc) is 2.87. The smallest absolute Gasteiger partial charge is 0.293 e. The van der Waals surface area contributed by atoms with Crippen LogP contribution in [0.4, 0.5) is 0 Å². The zero-order valence-corrected chi connectivity index (χ0v) is 12.8. The monoisotopic (exact) mass is 279 g/mol. The molecule has 1 aromatic rings. The minimum absolute atomic E-state index is 0.114. The van der Waals surface area contributed by atoms with Crippen LogP contribution in [0.5, 0.6) is 0 Å². The fourth-order valence-corrected chi connectivity index (χ4v) is 2.51. The van der Waals surface area contributed by atoms with Crippen LogP contribution < -0.4 is 5.73 Å². The molecule has 0 atom stereocenters. The minimum atomic E-state index is -0.137. The van der Waals surface area contributed by atoms with Crippen LogP contribution in [-0.4, -0.2) is 45.1 Å². The molecule has 0 unspecified atom stereocenters. The lowest BCUT2D eigenvalue weighted by Crippen LogP contribution is -2.42. The molecule has 1 heterocycles. The van der Waals surface area contributed by atoms with Gasteiger partial charge in [-0.2, -0.15) is 0 Å². The molecule has 112 valence electrons. The second-order valence-electron chi connectivity index (χ2n) is 6.74. The van der Waals surface area contributed by atoms with E-state index in [-0.39, 0.29) is 29.2 Å². The molecule has 0 spiro atoms. The topological polar surface area (TPSA) is 87.9 Å². The molecule has 1 fully saturated rings. The van der Waals surface area contributed by atoms with Gasteiger partial charge in [-0.1, -0.05) is 20.8 Å². The highest BCUT2D eigenvalue weighted by atomic mass is 16.2. The first-order chi connectivity index (χ1) is 9.29. The zero-order valence-electron chi connectivity index (χ0n) is 12.8. The van der Waals surface area contributed by atoms with Crippen molar-refractivity contribution in [2.45, 2.75) is 64.0 Å². The normalized spacial score (nSPS) is 23.6. The van der Waals surface area contributed by atoms with E-state index in [2.05, 4.69) is 15.2 Å². The molecule has 20 heavy (non-hydrogen) atoms. The summed E-state index contributed by atoms with van der Waals surface area (Å²) in [7, 11) is 1.83. The van der Waals surface area contributed by atoms with E-state index in [1.165, 1.54) is 0 Å². The van der Waals surface area contributed by atoms with E-state index in [4.69, 9.17) is 5.73 Å². The molecular formula is C14H25N5O. The Morgan fingerprint density at radius 1 is 1.30 bits per heavy atom. The predicted molar refractivity (Wildman–Crippen MR) is 77.4 cm³/mol. The lowest BCUT2D eigenvalue weighted by atomic mass is 9.91. The van der Waals surface area contributed by atoms with Crippen LogP contribution in [0, 0.1) is 0 Å². The maximum absolute atomic E-state index is 12.4. The quantitative estimate of drug-likeness (QED) is 0.857. The summed E-state index contributed by atoms with van der Waals surface area (Å²) in [6, 6.07) is 0.532. The summed E-state index contributed by atoms with van der Waals surface area (Å²) in [5, 5.41) is 6.92. The summed E-state index contributed by atoms with van der Waals surface area (Å²) < 4.78 is 0. The number of carbonyl (C=O) groups is 1.